The van der Waals surface area contributed by atoms with Gasteiger partial charge in [-0.25, -0.2) is 4.79 Å². The summed E-state index contributed by atoms with van der Waals surface area (Å²) >= 11 is 0. The molecule has 3 heteroatoms. The fourth-order valence-corrected chi connectivity index (χ4v) is 1.98. The molecule has 0 saturated heterocycles. The van der Waals surface area contributed by atoms with Crippen molar-refractivity contribution in [1.82, 2.24) is 0 Å². The molecule has 0 aliphatic rings. The van der Waals surface area contributed by atoms with Crippen LogP contribution in [0.5, 0.6) is 0 Å². The van der Waals surface area contributed by atoms with Gasteiger partial charge in [-0.1, -0.05) is 62.2 Å². The van der Waals surface area contributed by atoms with Crippen LogP contribution < -0.4 is 0 Å². The van der Waals surface area contributed by atoms with E-state index in [1.54, 1.807) is 0 Å². The molecule has 0 unspecified atom stereocenters. The van der Waals surface area contributed by atoms with Gasteiger partial charge in [0.2, 0.25) is 0 Å². The monoisotopic (exact) mass is 290 g/mol. The van der Waals surface area contributed by atoms with E-state index in [4.69, 9.17) is 9.47 Å². The predicted molar refractivity (Wildman–Crippen MR) is 84.9 cm³/mol. The molecule has 0 spiro atoms. The summed E-state index contributed by atoms with van der Waals surface area (Å²) < 4.78 is 10.5. The Morgan fingerprint density at radius 1 is 1.19 bits per heavy atom. The third-order valence-corrected chi connectivity index (χ3v) is 3.25. The molecule has 0 fully saturated rings. The third kappa shape index (κ3) is 7.66. The van der Waals surface area contributed by atoms with Crippen molar-refractivity contribution in [3.05, 3.63) is 48.0 Å². The van der Waals surface area contributed by atoms with Crippen molar-refractivity contribution in [2.45, 2.75) is 51.7 Å². The highest BCUT2D eigenvalue weighted by molar-refractivity contribution is 5.74. The molecule has 0 aliphatic heterocycles. The van der Waals surface area contributed by atoms with E-state index in [-0.39, 0.29) is 5.97 Å². The SMILES string of the molecule is CCCCC/C=C\C[C@H](OCc1ccccc1)C(=O)OC. The van der Waals surface area contributed by atoms with Crippen molar-refractivity contribution in [1.29, 1.82) is 0 Å². The first-order chi connectivity index (χ1) is 10.3. The molecule has 0 amide bonds. The van der Waals surface area contributed by atoms with Crippen molar-refractivity contribution in [2.75, 3.05) is 7.11 Å². The number of carbonyl (C=O) groups excluding carboxylic acids is 1. The first kappa shape index (κ1) is 17.4. The number of esters is 1. The minimum Gasteiger partial charge on any atom is -0.467 e. The van der Waals surface area contributed by atoms with Crippen LogP contribution in [0.1, 0.15) is 44.6 Å². The lowest BCUT2D eigenvalue weighted by Crippen LogP contribution is -2.25. The summed E-state index contributed by atoms with van der Waals surface area (Å²) in [6.07, 6.45) is 8.89. The zero-order valence-corrected chi connectivity index (χ0v) is 13.1. The number of unbranched alkanes of at least 4 members (excludes halogenated alkanes) is 3. The maximum atomic E-state index is 11.7. The van der Waals surface area contributed by atoms with Gasteiger partial charge in [-0.3, -0.25) is 0 Å². The molecule has 0 N–H and O–H groups in total. The summed E-state index contributed by atoms with van der Waals surface area (Å²) in [6.45, 7) is 2.61. The molecular weight excluding hydrogens is 264 g/mol. The van der Waals surface area contributed by atoms with E-state index < -0.39 is 6.10 Å². The van der Waals surface area contributed by atoms with E-state index in [9.17, 15) is 4.79 Å². The second-order valence-electron chi connectivity index (χ2n) is 5.01. The molecular formula is C18H26O3. The minimum atomic E-state index is -0.530. The van der Waals surface area contributed by atoms with Crippen LogP contribution in [0.15, 0.2) is 42.5 Å². The molecule has 116 valence electrons. The van der Waals surface area contributed by atoms with E-state index in [0.717, 1.165) is 12.0 Å². The summed E-state index contributed by atoms with van der Waals surface area (Å²) in [5, 5.41) is 0. The van der Waals surface area contributed by atoms with E-state index in [0.29, 0.717) is 13.0 Å². The van der Waals surface area contributed by atoms with Gasteiger partial charge in [-0.15, -0.1) is 0 Å². The van der Waals surface area contributed by atoms with Crippen LogP contribution in [0.25, 0.3) is 0 Å². The number of hydrogen-bond acceptors (Lipinski definition) is 3. The van der Waals surface area contributed by atoms with Gasteiger partial charge in [0.1, 0.15) is 0 Å². The Morgan fingerprint density at radius 3 is 2.62 bits per heavy atom. The van der Waals surface area contributed by atoms with E-state index in [2.05, 4.69) is 13.0 Å². The Kier molecular flexibility index (Phi) is 9.21. The van der Waals surface area contributed by atoms with Gasteiger partial charge in [0.25, 0.3) is 0 Å². The van der Waals surface area contributed by atoms with Crippen molar-refractivity contribution >= 4 is 5.97 Å². The fourth-order valence-electron chi connectivity index (χ4n) is 1.98. The highest BCUT2D eigenvalue weighted by atomic mass is 16.6. The van der Waals surface area contributed by atoms with E-state index >= 15 is 0 Å². The van der Waals surface area contributed by atoms with Crippen LogP contribution in [0.2, 0.25) is 0 Å². The maximum absolute atomic E-state index is 11.7. The summed E-state index contributed by atoms with van der Waals surface area (Å²) in [5.74, 6) is -0.316. The Bertz CT molecular complexity index is 412. The summed E-state index contributed by atoms with van der Waals surface area (Å²) in [7, 11) is 1.40. The standard InChI is InChI=1S/C18H26O3/c1-3-4-5-6-7-11-14-17(18(19)20-2)21-15-16-12-9-8-10-13-16/h7-13,17H,3-6,14-15H2,1-2H3/b11-7-/t17-/m0/s1. The first-order valence-electron chi connectivity index (χ1n) is 7.66. The Morgan fingerprint density at radius 2 is 1.95 bits per heavy atom. The number of hydrogen-bond donors (Lipinski definition) is 0. The van der Waals surface area contributed by atoms with Gasteiger partial charge in [0.15, 0.2) is 6.10 Å². The Hall–Kier alpha value is -1.61. The lowest BCUT2D eigenvalue weighted by Gasteiger charge is -2.14. The predicted octanol–water partition coefficient (Wildman–Crippen LogP) is 4.27. The Labute approximate surface area is 128 Å². The zero-order chi connectivity index (χ0) is 15.3. The molecule has 1 aromatic carbocycles. The zero-order valence-electron chi connectivity index (χ0n) is 13.1. The van der Waals surface area contributed by atoms with Crippen molar-refractivity contribution in [3.63, 3.8) is 0 Å². The fraction of sp³-hybridized carbons (Fsp3) is 0.500. The first-order valence-corrected chi connectivity index (χ1v) is 7.66. The van der Waals surface area contributed by atoms with Gasteiger partial charge in [-0.05, 0) is 18.4 Å². The number of allylic oxidation sites excluding steroid dienone is 1. The molecule has 21 heavy (non-hydrogen) atoms. The van der Waals surface area contributed by atoms with Crippen LogP contribution in [0, 0.1) is 0 Å². The van der Waals surface area contributed by atoms with Gasteiger partial charge in [0, 0.05) is 6.42 Å². The van der Waals surface area contributed by atoms with Crippen molar-refractivity contribution < 1.29 is 14.3 Å². The van der Waals surface area contributed by atoms with Crippen LogP contribution >= 0.6 is 0 Å². The average molecular weight is 290 g/mol. The van der Waals surface area contributed by atoms with Gasteiger partial charge in [0.05, 0.1) is 13.7 Å². The van der Waals surface area contributed by atoms with Crippen LogP contribution in [0.4, 0.5) is 0 Å². The molecule has 3 nitrogen and oxygen atoms in total. The van der Waals surface area contributed by atoms with Crippen LogP contribution in [0.3, 0.4) is 0 Å². The summed E-state index contributed by atoms with van der Waals surface area (Å²) in [4.78, 5) is 11.7. The largest absolute Gasteiger partial charge is 0.467 e. The second-order valence-corrected chi connectivity index (χ2v) is 5.01. The molecule has 0 radical (unpaired) electrons. The summed E-state index contributed by atoms with van der Waals surface area (Å²) in [5.41, 5.74) is 1.05. The molecule has 1 rings (SSSR count). The van der Waals surface area contributed by atoms with E-state index in [1.807, 2.05) is 36.4 Å². The molecule has 1 aromatic rings. The third-order valence-electron chi connectivity index (χ3n) is 3.25. The molecule has 0 saturated carbocycles. The lowest BCUT2D eigenvalue weighted by molar-refractivity contribution is -0.154. The minimum absolute atomic E-state index is 0.316. The number of ether oxygens (including phenoxy) is 2. The summed E-state index contributed by atoms with van der Waals surface area (Å²) in [6, 6.07) is 9.84. The number of carbonyl (C=O) groups is 1. The smallest absolute Gasteiger partial charge is 0.335 e. The molecule has 0 bridgehead atoms. The highest BCUT2D eigenvalue weighted by Gasteiger charge is 2.18. The molecule has 0 aromatic heterocycles. The van der Waals surface area contributed by atoms with Crippen molar-refractivity contribution in [2.24, 2.45) is 0 Å². The molecule has 0 heterocycles. The van der Waals surface area contributed by atoms with E-state index in [1.165, 1.54) is 26.4 Å². The normalized spacial score (nSPS) is 12.5. The van der Waals surface area contributed by atoms with Crippen molar-refractivity contribution in [3.8, 4) is 0 Å². The topological polar surface area (TPSA) is 35.5 Å². The second kappa shape index (κ2) is 11.1. The maximum Gasteiger partial charge on any atom is 0.335 e. The van der Waals surface area contributed by atoms with Gasteiger partial charge in [-0.2, -0.15) is 0 Å². The molecule has 1 atom stereocenters. The lowest BCUT2D eigenvalue weighted by atomic mass is 10.1. The van der Waals surface area contributed by atoms with Crippen LogP contribution in [-0.2, 0) is 20.9 Å². The van der Waals surface area contributed by atoms with Gasteiger partial charge < -0.3 is 9.47 Å². The quantitative estimate of drug-likeness (QED) is 0.367. The number of rotatable bonds is 10. The molecule has 0 aliphatic carbocycles. The van der Waals surface area contributed by atoms with Crippen LogP contribution in [-0.4, -0.2) is 19.2 Å². The Balaban J connectivity index is 2.39. The number of methoxy groups -OCH3 is 1. The highest BCUT2D eigenvalue weighted by Crippen LogP contribution is 2.09. The number of benzene rings is 1. The average Bonchev–Trinajstić information content (AvgIpc) is 2.53. The van der Waals surface area contributed by atoms with Gasteiger partial charge >= 0.3 is 5.97 Å².